The third-order valence-corrected chi connectivity index (χ3v) is 2.43. The topological polar surface area (TPSA) is 26.3 Å². The van der Waals surface area contributed by atoms with Crippen molar-refractivity contribution >= 4 is 18.4 Å². The molecule has 0 bridgehead atoms. The third kappa shape index (κ3) is 7.19. The van der Waals surface area contributed by atoms with Gasteiger partial charge in [0.05, 0.1) is 13.0 Å². The number of halogens is 1. The quantitative estimate of drug-likeness (QED) is 0.486. The summed E-state index contributed by atoms with van der Waals surface area (Å²) in [4.78, 5) is 11.2. The highest BCUT2D eigenvalue weighted by Crippen LogP contribution is 2.15. The molecular weight excluding hydrogens is 200 g/mol. The Balaban J connectivity index is 0. The smallest absolute Gasteiger partial charge is 0.308 e. The Hall–Kier alpha value is -0.240. The zero-order valence-corrected chi connectivity index (χ0v) is 10.4. The van der Waals surface area contributed by atoms with E-state index in [1.807, 2.05) is 6.92 Å². The van der Waals surface area contributed by atoms with Crippen LogP contribution >= 0.6 is 12.4 Å². The van der Waals surface area contributed by atoms with Crippen molar-refractivity contribution in [2.75, 3.05) is 7.11 Å². The van der Waals surface area contributed by atoms with Crippen LogP contribution in [0.1, 0.15) is 52.4 Å². The molecule has 0 aliphatic carbocycles. The van der Waals surface area contributed by atoms with E-state index in [1.165, 1.54) is 26.4 Å². The fraction of sp³-hybridized carbons (Fsp3) is 0.909. The van der Waals surface area contributed by atoms with Crippen molar-refractivity contribution in [3.63, 3.8) is 0 Å². The average molecular weight is 223 g/mol. The first-order valence-corrected chi connectivity index (χ1v) is 5.34. The normalized spacial score (nSPS) is 11.6. The fourth-order valence-corrected chi connectivity index (χ4v) is 1.47. The highest BCUT2D eigenvalue weighted by Gasteiger charge is 2.15. The Morgan fingerprint density at radius 3 is 2.29 bits per heavy atom. The summed E-state index contributed by atoms with van der Waals surface area (Å²) in [5, 5.41) is 0. The van der Waals surface area contributed by atoms with Crippen LogP contribution in [0.2, 0.25) is 0 Å². The molecule has 0 aromatic rings. The van der Waals surface area contributed by atoms with Gasteiger partial charge in [0.25, 0.3) is 0 Å². The number of carbonyl (C=O) groups excluding carboxylic acids is 1. The predicted octanol–water partition coefficient (Wildman–Crippen LogP) is 3.58. The summed E-state index contributed by atoms with van der Waals surface area (Å²) in [7, 11) is 1.47. The van der Waals surface area contributed by atoms with E-state index in [0.29, 0.717) is 0 Å². The van der Waals surface area contributed by atoms with E-state index in [2.05, 4.69) is 6.92 Å². The summed E-state index contributed by atoms with van der Waals surface area (Å²) in [5.41, 5.74) is 0. The van der Waals surface area contributed by atoms with Crippen molar-refractivity contribution in [2.24, 2.45) is 5.92 Å². The Bertz CT molecular complexity index is 137. The Labute approximate surface area is 93.8 Å². The monoisotopic (exact) mass is 222 g/mol. The lowest BCUT2D eigenvalue weighted by molar-refractivity contribution is -0.145. The van der Waals surface area contributed by atoms with Crippen LogP contribution in [0.25, 0.3) is 0 Å². The molecule has 0 saturated carbocycles. The Kier molecular flexibility index (Phi) is 12.5. The molecule has 0 N–H and O–H groups in total. The molecule has 1 unspecified atom stereocenters. The van der Waals surface area contributed by atoms with E-state index in [1.54, 1.807) is 0 Å². The summed E-state index contributed by atoms with van der Waals surface area (Å²) < 4.78 is 4.72. The lowest BCUT2D eigenvalue weighted by atomic mass is 9.98. The van der Waals surface area contributed by atoms with Gasteiger partial charge in [-0.2, -0.15) is 0 Å². The van der Waals surface area contributed by atoms with Crippen molar-refractivity contribution in [2.45, 2.75) is 52.4 Å². The standard InChI is InChI=1S/C11H22O2.ClH/c1-4-6-7-8-9-10(5-2)11(12)13-3;/h10H,4-9H2,1-3H3;1H. The first-order valence-electron chi connectivity index (χ1n) is 5.34. The molecule has 86 valence electrons. The Morgan fingerprint density at radius 1 is 1.21 bits per heavy atom. The first kappa shape index (κ1) is 16.2. The molecule has 0 saturated heterocycles. The van der Waals surface area contributed by atoms with E-state index in [-0.39, 0.29) is 24.3 Å². The summed E-state index contributed by atoms with van der Waals surface area (Å²) in [6, 6.07) is 0. The minimum atomic E-state index is -0.0426. The van der Waals surface area contributed by atoms with Gasteiger partial charge in [0, 0.05) is 0 Å². The largest absolute Gasteiger partial charge is 0.469 e. The highest BCUT2D eigenvalue weighted by atomic mass is 35.5. The number of carbonyl (C=O) groups is 1. The maximum atomic E-state index is 11.2. The van der Waals surface area contributed by atoms with Gasteiger partial charge in [0.1, 0.15) is 0 Å². The molecule has 0 aromatic carbocycles. The molecule has 0 fully saturated rings. The van der Waals surface area contributed by atoms with Crippen LogP contribution < -0.4 is 0 Å². The number of hydrogen-bond acceptors (Lipinski definition) is 2. The second-order valence-corrected chi connectivity index (χ2v) is 3.48. The number of unbranched alkanes of at least 4 members (excludes halogenated alkanes) is 3. The lowest BCUT2D eigenvalue weighted by Crippen LogP contribution is -2.15. The van der Waals surface area contributed by atoms with Crippen molar-refractivity contribution in [3.05, 3.63) is 0 Å². The van der Waals surface area contributed by atoms with Crippen molar-refractivity contribution in [1.29, 1.82) is 0 Å². The van der Waals surface area contributed by atoms with Crippen LogP contribution in [0.15, 0.2) is 0 Å². The van der Waals surface area contributed by atoms with Crippen LogP contribution in [0.4, 0.5) is 0 Å². The predicted molar refractivity (Wildman–Crippen MR) is 61.8 cm³/mol. The van der Waals surface area contributed by atoms with Crippen LogP contribution in [0.5, 0.6) is 0 Å². The first-order chi connectivity index (χ1) is 6.26. The van der Waals surface area contributed by atoms with Crippen molar-refractivity contribution in [1.82, 2.24) is 0 Å². The van der Waals surface area contributed by atoms with Gasteiger partial charge in [-0.05, 0) is 12.8 Å². The van der Waals surface area contributed by atoms with E-state index >= 15 is 0 Å². The number of hydrogen-bond donors (Lipinski definition) is 0. The van der Waals surface area contributed by atoms with Gasteiger partial charge >= 0.3 is 5.97 Å². The zero-order chi connectivity index (χ0) is 10.1. The second kappa shape index (κ2) is 10.8. The summed E-state index contributed by atoms with van der Waals surface area (Å²) in [6.07, 6.45) is 6.81. The van der Waals surface area contributed by atoms with E-state index < -0.39 is 0 Å². The summed E-state index contributed by atoms with van der Waals surface area (Å²) >= 11 is 0. The maximum Gasteiger partial charge on any atom is 0.308 e. The van der Waals surface area contributed by atoms with Crippen LogP contribution in [0.3, 0.4) is 0 Å². The second-order valence-electron chi connectivity index (χ2n) is 3.48. The van der Waals surface area contributed by atoms with E-state index in [0.717, 1.165) is 19.3 Å². The van der Waals surface area contributed by atoms with Gasteiger partial charge < -0.3 is 4.74 Å². The zero-order valence-electron chi connectivity index (χ0n) is 9.54. The number of rotatable bonds is 7. The minimum Gasteiger partial charge on any atom is -0.469 e. The summed E-state index contributed by atoms with van der Waals surface area (Å²) in [6.45, 7) is 4.24. The van der Waals surface area contributed by atoms with Crippen LogP contribution in [-0.4, -0.2) is 13.1 Å². The van der Waals surface area contributed by atoms with Crippen LogP contribution in [-0.2, 0) is 9.53 Å². The molecule has 0 aromatic heterocycles. The van der Waals surface area contributed by atoms with Gasteiger partial charge in [-0.25, -0.2) is 0 Å². The molecule has 0 aliphatic rings. The van der Waals surface area contributed by atoms with Gasteiger partial charge in [-0.3, -0.25) is 4.79 Å². The van der Waals surface area contributed by atoms with Crippen molar-refractivity contribution in [3.8, 4) is 0 Å². The third-order valence-electron chi connectivity index (χ3n) is 2.43. The number of ether oxygens (including phenoxy) is 1. The number of methoxy groups -OCH3 is 1. The maximum absolute atomic E-state index is 11.2. The van der Waals surface area contributed by atoms with Crippen LogP contribution in [0, 0.1) is 5.92 Å². The molecule has 14 heavy (non-hydrogen) atoms. The molecule has 0 heterocycles. The number of esters is 1. The highest BCUT2D eigenvalue weighted by molar-refractivity contribution is 5.85. The Morgan fingerprint density at radius 2 is 1.86 bits per heavy atom. The molecule has 0 rings (SSSR count). The molecule has 0 spiro atoms. The van der Waals surface area contributed by atoms with Crippen molar-refractivity contribution < 1.29 is 9.53 Å². The molecule has 0 radical (unpaired) electrons. The SMILES string of the molecule is CCCCCCC(CC)C(=O)OC.Cl. The molecule has 3 heteroatoms. The molecular formula is C11H23ClO2. The average Bonchev–Trinajstić information content (AvgIpc) is 2.17. The van der Waals surface area contributed by atoms with Gasteiger partial charge in [-0.15, -0.1) is 12.4 Å². The molecule has 2 nitrogen and oxygen atoms in total. The van der Waals surface area contributed by atoms with Gasteiger partial charge in [0.15, 0.2) is 0 Å². The molecule has 1 atom stereocenters. The lowest BCUT2D eigenvalue weighted by Gasteiger charge is -2.11. The summed E-state index contributed by atoms with van der Waals surface area (Å²) in [5.74, 6) is 0.0841. The van der Waals surface area contributed by atoms with Gasteiger partial charge in [-0.1, -0.05) is 39.5 Å². The minimum absolute atomic E-state index is 0. The molecule has 0 aliphatic heterocycles. The fourth-order valence-electron chi connectivity index (χ4n) is 1.47. The van der Waals surface area contributed by atoms with E-state index in [4.69, 9.17) is 4.74 Å². The van der Waals surface area contributed by atoms with E-state index in [9.17, 15) is 4.79 Å². The molecule has 0 amide bonds. The van der Waals surface area contributed by atoms with Gasteiger partial charge in [0.2, 0.25) is 0 Å².